The molecule has 698 valence electrons. The van der Waals surface area contributed by atoms with Crippen molar-refractivity contribution >= 4 is 81.0 Å². The van der Waals surface area contributed by atoms with Gasteiger partial charge in [-0.15, -0.1) is 0 Å². The molecule has 0 spiro atoms. The smallest absolute Gasteiger partial charge is 0.407 e. The number of amides is 3. The number of hydrogen-bond acceptors (Lipinski definition) is 30. The van der Waals surface area contributed by atoms with Crippen molar-refractivity contribution in [3.63, 3.8) is 0 Å². The number of rotatable bonds is 21. The molecule has 1 saturated carbocycles. The number of ether oxygens (including phenoxy) is 7. The maximum absolute atomic E-state index is 14.8. The normalized spacial score (nSPS) is 27.7. The van der Waals surface area contributed by atoms with E-state index in [4.69, 9.17) is 49.7 Å². The van der Waals surface area contributed by atoms with E-state index < -0.39 is 108 Å². The number of ketones is 3. The maximum atomic E-state index is 14.8. The fourth-order valence-corrected chi connectivity index (χ4v) is 19.0. The monoisotopic (exact) mass is 1790 g/mol. The number of esters is 1. The zero-order chi connectivity index (χ0) is 91.9. The van der Waals surface area contributed by atoms with Gasteiger partial charge in [0, 0.05) is 203 Å². The van der Waals surface area contributed by atoms with Gasteiger partial charge < -0.3 is 84.7 Å². The van der Waals surface area contributed by atoms with Crippen LogP contribution in [0.25, 0.3) is 33.3 Å². The fraction of sp³-hybridized carbons (Fsp3) is 0.568. The van der Waals surface area contributed by atoms with Crippen molar-refractivity contribution < 1.29 is 76.9 Å². The predicted octanol–water partition coefficient (Wildman–Crippen LogP) is 7.86. The second-order valence-corrected chi connectivity index (χ2v) is 36.1. The summed E-state index contributed by atoms with van der Waals surface area (Å²) >= 11 is 0. The molecule has 6 aliphatic heterocycles. The Hall–Kier alpha value is -10.7. The summed E-state index contributed by atoms with van der Waals surface area (Å²) in [4.78, 5) is 147. The number of cyclic esters (lactones) is 1. The van der Waals surface area contributed by atoms with Gasteiger partial charge in [0.25, 0.3) is 17.6 Å². The number of carbonyl (C=O) groups is 7. The molecule has 15 atom stereocenters. The highest BCUT2D eigenvalue weighted by atomic mass is 16.6. The first-order chi connectivity index (χ1) is 62.7. The summed E-state index contributed by atoms with van der Waals surface area (Å²) in [5, 5.41) is 33.3. The number of aromatic amines is 1. The molecule has 1 aromatic carbocycles. The number of nitrogens with one attached hydrogen (secondary N) is 2. The Bertz CT molecular complexity index is 5220. The van der Waals surface area contributed by atoms with Gasteiger partial charge in [0.05, 0.1) is 49.0 Å². The summed E-state index contributed by atoms with van der Waals surface area (Å²) in [6, 6.07) is 8.14. The Morgan fingerprint density at radius 2 is 1.45 bits per heavy atom. The summed E-state index contributed by atoms with van der Waals surface area (Å²) in [6.07, 6.45) is 20.6. The third kappa shape index (κ3) is 23.2. The number of hydrogen-bond donors (Lipinski definition) is 6. The minimum atomic E-state index is -2.51. The van der Waals surface area contributed by atoms with Gasteiger partial charge in [0.2, 0.25) is 17.7 Å². The first-order valence-electron chi connectivity index (χ1n) is 45.9. The summed E-state index contributed by atoms with van der Waals surface area (Å²) in [6.45, 7) is 21.3. The fourth-order valence-electron chi connectivity index (χ4n) is 19.0. The second kappa shape index (κ2) is 44.0. The van der Waals surface area contributed by atoms with E-state index in [1.165, 1.54) is 26.1 Å². The molecule has 35 nitrogen and oxygen atoms in total. The van der Waals surface area contributed by atoms with Crippen LogP contribution in [0, 0.1) is 29.6 Å². The van der Waals surface area contributed by atoms with Gasteiger partial charge in [-0.3, -0.25) is 33.8 Å². The molecule has 7 aliphatic rings. The number of aromatic nitrogens is 10. The molecule has 35 heteroatoms. The number of aliphatic hydroxyl groups excluding tert-OH is 1. The first kappa shape index (κ1) is 95.4. The number of nitrogens with zero attached hydrogens (tertiary/aromatic N) is 15. The number of Topliss-reactive ketones (excluding diaryl/α,β-unsaturated/α-hetero) is 3. The van der Waals surface area contributed by atoms with Crippen LogP contribution in [0.2, 0.25) is 0 Å². The molecule has 3 amide bonds. The number of allylic oxidation sites excluding steroid dienone is 6. The van der Waals surface area contributed by atoms with Crippen molar-refractivity contribution in [2.75, 3.05) is 129 Å². The number of fused-ring (bicyclic) bond motifs is 6. The third-order valence-corrected chi connectivity index (χ3v) is 27.0. The molecule has 12 heterocycles. The Kier molecular flexibility index (Phi) is 32.3. The molecule has 14 rings (SSSR count). The highest BCUT2D eigenvalue weighted by molar-refractivity contribution is 6.39. The van der Waals surface area contributed by atoms with Gasteiger partial charge in [-0.25, -0.2) is 49.2 Å². The van der Waals surface area contributed by atoms with E-state index in [0.29, 0.717) is 142 Å². The average Bonchev–Trinajstić information content (AvgIpc) is 0.909. The quantitative estimate of drug-likeness (QED) is 0.0172. The molecule has 0 radical (unpaired) electrons. The number of pyridine rings is 1. The molecular weight excluding hydrogens is 1660 g/mol. The zero-order valence-electron chi connectivity index (χ0n) is 76.2. The third-order valence-electron chi connectivity index (χ3n) is 27.0. The SMILES string of the molecule is CO[C@H]1C[C@@H]2CC[C@@H](C)[C@@](O)(O2)C(=O)C(=O)N2CCCC[C@H]2C(=O)O[C@H]([C@H](N)C[C@@H]2CC[C@@H](OC(=O)NCc3cnc(N4CCN(CCOCCN5CCN(c6ncc(C(=O)N7CCc8cc(Cn9nc(-c%10cnc%11[nH]ccc%11c%10)c%10c(N)ncnc%109)ccc8C7)cn6)CC5)CC4)nc3)[C@H](OC)C2)CC(=O)[C@H](C)/C=C(\C)[C@@H](O)[C@@H](OC)C(=O)[C@H](C)C[C@H](C)/C=C/C=CC=C1C. The second-order valence-electron chi connectivity index (χ2n) is 36.1. The van der Waals surface area contributed by atoms with Crippen molar-refractivity contribution in [2.24, 2.45) is 35.3 Å². The Labute approximate surface area is 758 Å². The van der Waals surface area contributed by atoms with Crippen molar-refractivity contribution in [3.8, 4) is 11.3 Å². The highest BCUT2D eigenvalue weighted by Gasteiger charge is 2.53. The van der Waals surface area contributed by atoms with Gasteiger partial charge in [0.1, 0.15) is 59.7 Å². The number of carbonyl (C=O) groups excluding carboxylic acids is 7. The van der Waals surface area contributed by atoms with E-state index in [1.54, 1.807) is 71.9 Å². The lowest BCUT2D eigenvalue weighted by Crippen LogP contribution is -2.61. The number of anilines is 3. The number of aliphatic hydroxyl groups is 2. The van der Waals surface area contributed by atoms with E-state index in [0.717, 1.165) is 104 Å². The van der Waals surface area contributed by atoms with Crippen LogP contribution in [-0.2, 0) is 83.2 Å². The molecule has 1 aliphatic carbocycles. The van der Waals surface area contributed by atoms with Crippen molar-refractivity contribution in [1.82, 2.24) is 74.6 Å². The lowest BCUT2D eigenvalue weighted by molar-refractivity contribution is -0.265. The maximum Gasteiger partial charge on any atom is 0.407 e. The minimum absolute atomic E-state index is 0.00947. The predicted molar refractivity (Wildman–Crippen MR) is 486 cm³/mol. The standard InChI is InChI=1S/C95H127N19O16/c1-58-15-11-10-12-16-59(2)77(124-7)47-72-22-18-63(6)95(123,130-72)85(118)90(120)113-27-14-13-17-74(113)91(121)128-78(48-75(115)60(3)42-62(5)83(117)84(126-9)82(116)61(4)41-58)73(96)44-64-20-23-76(79(45-64)125-8)129-94(122)104-51-66-49-100-92(101-50-66)110-33-29-108(30-34-110)37-39-127-40-38-109-31-35-111(36-32-109)93-102-53-71(54-103-93)89(119)112-28-25-67-43-65(19-21-69(67)56-112)55-114-88-80(86(97)105-57-106-88)81(107-114)70-46-68-24-26-98-87(68)99-52-70/h10-12,15-16,19,21,24,26,42-43,46,49-50,52-54,57-58,60-61,63-64,72-74,76-79,83-84,117,123H,13-14,17-18,20,22-23,25,27-41,44-45,47-48,51,55-56,96H2,1-9H3,(H,98,99)(H,104,122)(H2,97,105,106)/b12-10?,15-11+,59-16?,62-42+/t58-,60-,61-,63-,64+,72+,73-,74+,76-,77+,78+,79-,83-,84+,95-/m1/s1. The van der Waals surface area contributed by atoms with Crippen molar-refractivity contribution in [3.05, 3.63) is 149 Å². The van der Waals surface area contributed by atoms with Crippen LogP contribution >= 0.6 is 0 Å². The van der Waals surface area contributed by atoms with E-state index in [9.17, 15) is 43.8 Å². The number of alkyl carbamates (subject to hydrolysis) is 1. The summed E-state index contributed by atoms with van der Waals surface area (Å²) in [5.74, 6) is -7.23. The summed E-state index contributed by atoms with van der Waals surface area (Å²) < 4.78 is 44.0. The van der Waals surface area contributed by atoms with Crippen LogP contribution in [-0.4, -0.2) is 294 Å². The van der Waals surface area contributed by atoms with Crippen LogP contribution in [0.5, 0.6) is 0 Å². The number of piperidine rings is 1. The number of benzene rings is 1. The molecular formula is C95H127N19O16. The van der Waals surface area contributed by atoms with Crippen LogP contribution < -0.4 is 26.6 Å². The lowest BCUT2D eigenvalue weighted by atomic mass is 9.80. The summed E-state index contributed by atoms with van der Waals surface area (Å²) in [7, 11) is 4.46. The van der Waals surface area contributed by atoms with Crippen LogP contribution in [0.1, 0.15) is 151 Å². The molecule has 8 N–H and O–H groups in total. The zero-order valence-corrected chi connectivity index (χ0v) is 76.2. The summed E-state index contributed by atoms with van der Waals surface area (Å²) in [5.41, 5.74) is 22.1. The average molecular weight is 1790 g/mol. The number of H-pyrrole nitrogens is 1. The van der Waals surface area contributed by atoms with Crippen LogP contribution in [0.3, 0.4) is 0 Å². The molecule has 7 aromatic rings. The van der Waals surface area contributed by atoms with Gasteiger partial charge in [0.15, 0.2) is 11.4 Å². The largest absolute Gasteiger partial charge is 0.459 e. The molecule has 2 bridgehead atoms. The van der Waals surface area contributed by atoms with E-state index in [1.807, 2.05) is 72.1 Å². The lowest BCUT2D eigenvalue weighted by Gasteiger charge is -2.42. The number of methoxy groups -OCH3 is 3. The van der Waals surface area contributed by atoms with Crippen LogP contribution in [0.15, 0.2) is 121 Å². The van der Waals surface area contributed by atoms with Gasteiger partial charge >= 0.3 is 12.1 Å². The highest BCUT2D eigenvalue weighted by Crippen LogP contribution is 2.39. The van der Waals surface area contributed by atoms with E-state index in [2.05, 4.69) is 83.0 Å². The van der Waals surface area contributed by atoms with Gasteiger partial charge in [-0.1, -0.05) is 82.4 Å². The Morgan fingerprint density at radius 3 is 2.16 bits per heavy atom. The first-order valence-corrected chi connectivity index (χ1v) is 45.9. The molecule has 6 aromatic heterocycles. The Morgan fingerprint density at radius 1 is 0.731 bits per heavy atom. The van der Waals surface area contributed by atoms with Gasteiger partial charge in [-0.05, 0) is 136 Å². The van der Waals surface area contributed by atoms with E-state index in [-0.39, 0.29) is 62.3 Å². The van der Waals surface area contributed by atoms with Gasteiger partial charge in [-0.2, -0.15) is 5.10 Å². The number of nitrogens with two attached hydrogens (primary N) is 2. The number of nitrogen functional groups attached to an aromatic ring is 1. The minimum Gasteiger partial charge on any atom is -0.459 e. The molecule has 0 unspecified atom stereocenters. The van der Waals surface area contributed by atoms with Crippen molar-refractivity contribution in [1.29, 1.82) is 0 Å². The molecule has 5 fully saturated rings. The van der Waals surface area contributed by atoms with E-state index >= 15 is 0 Å². The topological polar surface area (TPSA) is 432 Å². The molecule has 4 saturated heterocycles. The van der Waals surface area contributed by atoms with Crippen LogP contribution in [0.4, 0.5) is 22.5 Å². The number of piperazine rings is 2. The molecule has 130 heavy (non-hydrogen) atoms. The van der Waals surface area contributed by atoms with Crippen molar-refractivity contribution in [2.45, 2.75) is 205 Å². The Balaban J connectivity index is 0.501.